The van der Waals surface area contributed by atoms with Crippen LogP contribution >= 0.6 is 0 Å². The molecule has 10 heteroatoms. The molecule has 0 saturated heterocycles. The molecule has 0 aliphatic carbocycles. The molecular weight excluding hydrogens is 375 g/mol. The van der Waals surface area contributed by atoms with Gasteiger partial charge in [0.2, 0.25) is 5.84 Å². The first kappa shape index (κ1) is 19.3. The van der Waals surface area contributed by atoms with Crippen LogP contribution in [0.15, 0.2) is 60.4 Å². The third-order valence-electron chi connectivity index (χ3n) is 3.54. The summed E-state index contributed by atoms with van der Waals surface area (Å²) in [6.45, 7) is 2.02. The third kappa shape index (κ3) is 4.64. The van der Waals surface area contributed by atoms with Crippen molar-refractivity contribution < 1.29 is 22.7 Å². The van der Waals surface area contributed by atoms with Crippen LogP contribution in [0.2, 0.25) is 0 Å². The van der Waals surface area contributed by atoms with Crippen LogP contribution in [0, 0.1) is 0 Å². The SMILES string of the molecule is CCO/N=C(\c1ncc(C(F)(F)F)cc1OCc1ccccc1)n1cncn1. The van der Waals surface area contributed by atoms with Crippen LogP contribution in [0.1, 0.15) is 23.7 Å². The Labute approximate surface area is 158 Å². The highest BCUT2D eigenvalue weighted by molar-refractivity contribution is 6.00. The predicted molar refractivity (Wildman–Crippen MR) is 93.6 cm³/mol. The zero-order valence-corrected chi connectivity index (χ0v) is 14.8. The maximum atomic E-state index is 13.2. The number of hydrogen-bond donors (Lipinski definition) is 0. The normalized spacial score (nSPS) is 12.1. The summed E-state index contributed by atoms with van der Waals surface area (Å²) in [7, 11) is 0. The number of halogens is 3. The van der Waals surface area contributed by atoms with Gasteiger partial charge in [0, 0.05) is 6.20 Å². The average molecular weight is 391 g/mol. The number of pyridine rings is 1. The van der Waals surface area contributed by atoms with Crippen LogP contribution in [-0.2, 0) is 17.6 Å². The van der Waals surface area contributed by atoms with Crippen LogP contribution in [0.3, 0.4) is 0 Å². The van der Waals surface area contributed by atoms with Gasteiger partial charge in [-0.25, -0.2) is 9.97 Å². The topological polar surface area (TPSA) is 74.4 Å². The molecule has 0 unspecified atom stereocenters. The molecule has 0 N–H and O–H groups in total. The van der Waals surface area contributed by atoms with Gasteiger partial charge in [-0.2, -0.15) is 23.0 Å². The monoisotopic (exact) mass is 391 g/mol. The molecule has 2 aromatic heterocycles. The fourth-order valence-electron chi connectivity index (χ4n) is 2.25. The smallest absolute Gasteiger partial charge is 0.418 e. The van der Waals surface area contributed by atoms with Crippen LogP contribution in [0.5, 0.6) is 5.75 Å². The Morgan fingerprint density at radius 2 is 2.00 bits per heavy atom. The first-order valence-electron chi connectivity index (χ1n) is 8.28. The summed E-state index contributed by atoms with van der Waals surface area (Å²) in [5, 5.41) is 7.87. The van der Waals surface area contributed by atoms with Gasteiger partial charge in [0.05, 0.1) is 5.56 Å². The van der Waals surface area contributed by atoms with Gasteiger partial charge in [-0.15, -0.1) is 0 Å². The molecular formula is C18H16F3N5O2. The number of benzene rings is 1. The second-order valence-electron chi connectivity index (χ2n) is 5.52. The van der Waals surface area contributed by atoms with Crippen molar-refractivity contribution in [3.63, 3.8) is 0 Å². The van der Waals surface area contributed by atoms with E-state index in [0.29, 0.717) is 6.20 Å². The van der Waals surface area contributed by atoms with E-state index in [1.165, 1.54) is 17.3 Å². The molecule has 3 rings (SSSR count). The van der Waals surface area contributed by atoms with Crippen molar-refractivity contribution in [2.75, 3.05) is 6.61 Å². The number of ether oxygens (including phenoxy) is 1. The van der Waals surface area contributed by atoms with Gasteiger partial charge in [-0.3, -0.25) is 0 Å². The lowest BCUT2D eigenvalue weighted by molar-refractivity contribution is -0.138. The summed E-state index contributed by atoms with van der Waals surface area (Å²) in [5.74, 6) is -0.0521. The molecule has 7 nitrogen and oxygen atoms in total. The molecule has 0 aliphatic heterocycles. The van der Waals surface area contributed by atoms with E-state index in [0.717, 1.165) is 11.6 Å². The van der Waals surface area contributed by atoms with Crippen molar-refractivity contribution in [3.8, 4) is 5.75 Å². The van der Waals surface area contributed by atoms with Gasteiger partial charge in [-0.1, -0.05) is 35.5 Å². The molecule has 0 fully saturated rings. The highest BCUT2D eigenvalue weighted by Crippen LogP contribution is 2.32. The summed E-state index contributed by atoms with van der Waals surface area (Å²) < 4.78 is 46.4. The van der Waals surface area contributed by atoms with E-state index in [-0.39, 0.29) is 30.5 Å². The lowest BCUT2D eigenvalue weighted by atomic mass is 10.2. The zero-order chi connectivity index (χ0) is 20.0. The van der Waals surface area contributed by atoms with Crippen LogP contribution in [0.4, 0.5) is 13.2 Å². The Hall–Kier alpha value is -3.43. The van der Waals surface area contributed by atoms with Crippen molar-refractivity contribution in [1.29, 1.82) is 0 Å². The Bertz CT molecular complexity index is 928. The van der Waals surface area contributed by atoms with Crippen molar-refractivity contribution in [3.05, 3.63) is 72.1 Å². The molecule has 0 atom stereocenters. The van der Waals surface area contributed by atoms with Crippen LogP contribution in [0.25, 0.3) is 0 Å². The molecule has 0 bridgehead atoms. The van der Waals surface area contributed by atoms with E-state index >= 15 is 0 Å². The Balaban J connectivity index is 2.02. The molecule has 146 valence electrons. The van der Waals surface area contributed by atoms with E-state index in [2.05, 4.69) is 20.2 Å². The standard InChI is InChI=1S/C18H16F3N5O2/c1-2-28-25-17(26-12-22-11-24-26)16-15(8-14(9-23-16)18(19,20)21)27-10-13-6-4-3-5-7-13/h3-9,11-12H,2,10H2,1H3/b25-17+. The molecule has 2 heterocycles. The zero-order valence-electron chi connectivity index (χ0n) is 14.8. The third-order valence-corrected chi connectivity index (χ3v) is 3.54. The fourth-order valence-corrected chi connectivity index (χ4v) is 2.25. The maximum absolute atomic E-state index is 13.2. The summed E-state index contributed by atoms with van der Waals surface area (Å²) in [5.41, 5.74) is -0.105. The number of oxime groups is 1. The van der Waals surface area contributed by atoms with Crippen molar-refractivity contribution >= 4 is 5.84 Å². The quantitative estimate of drug-likeness (QED) is 0.365. The highest BCUT2D eigenvalue weighted by Gasteiger charge is 2.33. The number of aromatic nitrogens is 4. The summed E-state index contributed by atoms with van der Waals surface area (Å²) >= 11 is 0. The molecule has 0 amide bonds. The van der Waals surface area contributed by atoms with Crippen molar-refractivity contribution in [2.45, 2.75) is 19.7 Å². The average Bonchev–Trinajstić information content (AvgIpc) is 3.22. The lowest BCUT2D eigenvalue weighted by Crippen LogP contribution is -2.19. The van der Waals surface area contributed by atoms with E-state index < -0.39 is 11.7 Å². The molecule has 3 aromatic rings. The van der Waals surface area contributed by atoms with Crippen LogP contribution < -0.4 is 4.74 Å². The van der Waals surface area contributed by atoms with E-state index in [9.17, 15) is 13.2 Å². The first-order valence-corrected chi connectivity index (χ1v) is 8.28. The molecule has 1 aromatic carbocycles. The number of hydrogen-bond acceptors (Lipinski definition) is 6. The van der Waals surface area contributed by atoms with Gasteiger partial charge < -0.3 is 9.57 Å². The summed E-state index contributed by atoms with van der Waals surface area (Å²) in [4.78, 5) is 12.8. The van der Waals surface area contributed by atoms with Gasteiger partial charge in [0.1, 0.15) is 31.6 Å². The minimum atomic E-state index is -4.57. The fraction of sp³-hybridized carbons (Fsp3) is 0.222. The van der Waals surface area contributed by atoms with Gasteiger partial charge in [-0.05, 0) is 18.6 Å². The van der Waals surface area contributed by atoms with E-state index in [4.69, 9.17) is 9.57 Å². The molecule has 0 spiro atoms. The molecule has 0 radical (unpaired) electrons. The molecule has 0 aliphatic rings. The Kier molecular flexibility index (Phi) is 5.87. The molecule has 28 heavy (non-hydrogen) atoms. The largest absolute Gasteiger partial charge is 0.486 e. The van der Waals surface area contributed by atoms with Crippen molar-refractivity contribution in [1.82, 2.24) is 19.7 Å². The van der Waals surface area contributed by atoms with Gasteiger partial charge in [0.25, 0.3) is 0 Å². The Morgan fingerprint density at radius 3 is 2.64 bits per heavy atom. The minimum Gasteiger partial charge on any atom is -0.486 e. The Morgan fingerprint density at radius 1 is 1.21 bits per heavy atom. The van der Waals surface area contributed by atoms with Crippen LogP contribution in [-0.4, -0.2) is 32.2 Å². The number of nitrogens with zero attached hydrogens (tertiary/aromatic N) is 5. The highest BCUT2D eigenvalue weighted by atomic mass is 19.4. The molecule has 0 saturated carbocycles. The number of alkyl halides is 3. The minimum absolute atomic E-state index is 0.0443. The summed E-state index contributed by atoms with van der Waals surface area (Å²) in [6, 6.07) is 9.92. The van der Waals surface area contributed by atoms with E-state index in [1.54, 1.807) is 31.2 Å². The van der Waals surface area contributed by atoms with E-state index in [1.807, 2.05) is 6.07 Å². The lowest BCUT2D eigenvalue weighted by Gasteiger charge is -2.15. The maximum Gasteiger partial charge on any atom is 0.418 e. The predicted octanol–water partition coefficient (Wildman–Crippen LogP) is 3.52. The second-order valence-corrected chi connectivity index (χ2v) is 5.52. The second kappa shape index (κ2) is 8.51. The summed E-state index contributed by atoms with van der Waals surface area (Å²) in [6.07, 6.45) is -1.27. The van der Waals surface area contributed by atoms with Crippen molar-refractivity contribution in [2.24, 2.45) is 5.16 Å². The van der Waals surface area contributed by atoms with Gasteiger partial charge in [0.15, 0.2) is 5.69 Å². The number of rotatable bonds is 6. The van der Waals surface area contributed by atoms with Gasteiger partial charge >= 0.3 is 6.18 Å². The first-order chi connectivity index (χ1) is 13.5.